The van der Waals surface area contributed by atoms with Crippen LogP contribution in [0.3, 0.4) is 0 Å². The second-order valence-corrected chi connectivity index (χ2v) is 9.15. The van der Waals surface area contributed by atoms with E-state index in [0.29, 0.717) is 51.4 Å². The standard InChI is InChI=1S/C22H27FN2O4S/c1-2-10-24(11-9-18-5-3-7-20(23)16-18)22(26)19-6-4-8-21(17-19)30(27,28)25-12-14-29-15-13-25/h3-8,16-17H,2,9-15H2,1H3. The van der Waals surface area contributed by atoms with E-state index in [1.54, 1.807) is 23.1 Å². The Bertz CT molecular complexity index is 975. The summed E-state index contributed by atoms with van der Waals surface area (Å²) in [4.78, 5) is 14.9. The van der Waals surface area contributed by atoms with Crippen LogP contribution >= 0.6 is 0 Å². The summed E-state index contributed by atoms with van der Waals surface area (Å²) in [5, 5.41) is 0. The maximum Gasteiger partial charge on any atom is 0.253 e. The third-order valence-corrected chi connectivity index (χ3v) is 6.92. The fraction of sp³-hybridized carbons (Fsp3) is 0.409. The lowest BCUT2D eigenvalue weighted by molar-refractivity contribution is 0.0729. The van der Waals surface area contributed by atoms with Gasteiger partial charge in [-0.25, -0.2) is 12.8 Å². The zero-order chi connectivity index (χ0) is 21.6. The van der Waals surface area contributed by atoms with Gasteiger partial charge in [-0.15, -0.1) is 0 Å². The van der Waals surface area contributed by atoms with Crippen LogP contribution in [0.5, 0.6) is 0 Å². The first-order chi connectivity index (χ1) is 14.4. The molecule has 2 aromatic carbocycles. The van der Waals surface area contributed by atoms with E-state index in [-0.39, 0.29) is 16.6 Å². The molecule has 0 unspecified atom stereocenters. The van der Waals surface area contributed by atoms with Crippen molar-refractivity contribution in [2.75, 3.05) is 39.4 Å². The van der Waals surface area contributed by atoms with Gasteiger partial charge in [0.25, 0.3) is 5.91 Å². The van der Waals surface area contributed by atoms with E-state index in [0.717, 1.165) is 12.0 Å². The number of carbonyl (C=O) groups excluding carboxylic acids is 1. The summed E-state index contributed by atoms with van der Waals surface area (Å²) in [5.74, 6) is -0.533. The molecule has 0 aromatic heterocycles. The van der Waals surface area contributed by atoms with Crippen LogP contribution in [-0.2, 0) is 21.2 Å². The number of morpholine rings is 1. The average Bonchev–Trinajstić information content (AvgIpc) is 2.77. The minimum Gasteiger partial charge on any atom is -0.379 e. The molecule has 162 valence electrons. The molecule has 0 saturated carbocycles. The van der Waals surface area contributed by atoms with Crippen molar-refractivity contribution in [1.82, 2.24) is 9.21 Å². The van der Waals surface area contributed by atoms with Gasteiger partial charge in [0, 0.05) is 31.7 Å². The molecule has 3 rings (SSSR count). The van der Waals surface area contributed by atoms with Crippen LogP contribution in [0.15, 0.2) is 53.4 Å². The van der Waals surface area contributed by atoms with Crippen LogP contribution < -0.4 is 0 Å². The highest BCUT2D eigenvalue weighted by Crippen LogP contribution is 2.19. The quantitative estimate of drug-likeness (QED) is 0.641. The lowest BCUT2D eigenvalue weighted by Gasteiger charge is -2.26. The summed E-state index contributed by atoms with van der Waals surface area (Å²) in [5.41, 5.74) is 1.14. The molecule has 1 heterocycles. The highest BCUT2D eigenvalue weighted by atomic mass is 32.2. The second-order valence-electron chi connectivity index (χ2n) is 7.22. The first kappa shape index (κ1) is 22.4. The van der Waals surface area contributed by atoms with E-state index in [2.05, 4.69) is 0 Å². The maximum absolute atomic E-state index is 13.4. The molecule has 1 amide bonds. The summed E-state index contributed by atoms with van der Waals surface area (Å²) >= 11 is 0. The van der Waals surface area contributed by atoms with Crippen LogP contribution in [-0.4, -0.2) is 62.9 Å². The van der Waals surface area contributed by atoms with Crippen molar-refractivity contribution >= 4 is 15.9 Å². The molecule has 1 aliphatic heterocycles. The van der Waals surface area contributed by atoms with Crippen molar-refractivity contribution in [3.05, 3.63) is 65.5 Å². The van der Waals surface area contributed by atoms with Crippen molar-refractivity contribution in [1.29, 1.82) is 0 Å². The van der Waals surface area contributed by atoms with Gasteiger partial charge in [0.1, 0.15) is 5.82 Å². The van der Waals surface area contributed by atoms with Crippen molar-refractivity contribution in [2.45, 2.75) is 24.7 Å². The molecule has 1 aliphatic rings. The minimum atomic E-state index is -3.68. The Hall–Kier alpha value is -2.29. The molecular weight excluding hydrogens is 407 g/mol. The van der Waals surface area contributed by atoms with E-state index < -0.39 is 10.0 Å². The molecule has 0 radical (unpaired) electrons. The van der Waals surface area contributed by atoms with Crippen LogP contribution in [0, 0.1) is 5.82 Å². The molecule has 0 atom stereocenters. The van der Waals surface area contributed by atoms with Crippen LogP contribution in [0.25, 0.3) is 0 Å². The van der Waals surface area contributed by atoms with Gasteiger partial charge in [-0.3, -0.25) is 4.79 Å². The Balaban J connectivity index is 1.77. The molecule has 8 heteroatoms. The third kappa shape index (κ3) is 5.44. The first-order valence-electron chi connectivity index (χ1n) is 10.1. The average molecular weight is 435 g/mol. The number of halogens is 1. The maximum atomic E-state index is 13.4. The van der Waals surface area contributed by atoms with Crippen molar-refractivity contribution in [3.63, 3.8) is 0 Å². The molecule has 1 saturated heterocycles. The number of hydrogen-bond donors (Lipinski definition) is 0. The van der Waals surface area contributed by atoms with Gasteiger partial charge < -0.3 is 9.64 Å². The molecule has 6 nitrogen and oxygen atoms in total. The van der Waals surface area contributed by atoms with Gasteiger partial charge >= 0.3 is 0 Å². The van der Waals surface area contributed by atoms with E-state index in [1.165, 1.54) is 28.6 Å². The van der Waals surface area contributed by atoms with Gasteiger partial charge in [-0.2, -0.15) is 4.31 Å². The van der Waals surface area contributed by atoms with Crippen molar-refractivity contribution < 1.29 is 22.3 Å². The zero-order valence-corrected chi connectivity index (χ0v) is 17.9. The monoisotopic (exact) mass is 434 g/mol. The first-order valence-corrected chi connectivity index (χ1v) is 11.6. The second kappa shape index (κ2) is 10.1. The predicted molar refractivity (Wildman–Crippen MR) is 112 cm³/mol. The number of rotatable bonds is 8. The smallest absolute Gasteiger partial charge is 0.253 e. The topological polar surface area (TPSA) is 66.9 Å². The number of nitrogens with zero attached hydrogens (tertiary/aromatic N) is 2. The molecule has 0 spiro atoms. The molecule has 0 N–H and O–H groups in total. The zero-order valence-electron chi connectivity index (χ0n) is 17.1. The third-order valence-electron chi connectivity index (χ3n) is 5.03. The number of hydrogen-bond acceptors (Lipinski definition) is 4. The summed E-state index contributed by atoms with van der Waals surface area (Å²) in [6.45, 7) is 4.27. The van der Waals surface area contributed by atoms with Crippen molar-refractivity contribution in [2.24, 2.45) is 0 Å². The summed E-state index contributed by atoms with van der Waals surface area (Å²) in [7, 11) is -3.68. The number of benzene rings is 2. The number of sulfonamides is 1. The molecule has 2 aromatic rings. The number of ether oxygens (including phenoxy) is 1. The fourth-order valence-corrected chi connectivity index (χ4v) is 4.90. The van der Waals surface area contributed by atoms with Crippen molar-refractivity contribution in [3.8, 4) is 0 Å². The minimum absolute atomic E-state index is 0.108. The van der Waals surface area contributed by atoms with E-state index in [1.807, 2.05) is 13.0 Å². The Morgan fingerprint density at radius 3 is 2.53 bits per heavy atom. The van der Waals surface area contributed by atoms with Crippen LogP contribution in [0.2, 0.25) is 0 Å². The predicted octanol–water partition coefficient (Wildman–Crippen LogP) is 2.94. The molecule has 30 heavy (non-hydrogen) atoms. The van der Waals surface area contributed by atoms with E-state index in [4.69, 9.17) is 4.74 Å². The number of carbonyl (C=O) groups is 1. The lowest BCUT2D eigenvalue weighted by atomic mass is 10.1. The van der Waals surface area contributed by atoms with Gasteiger partial charge in [0.2, 0.25) is 10.0 Å². The number of amides is 1. The van der Waals surface area contributed by atoms with E-state index in [9.17, 15) is 17.6 Å². The largest absolute Gasteiger partial charge is 0.379 e. The van der Waals surface area contributed by atoms with Gasteiger partial charge in [0.15, 0.2) is 0 Å². The highest BCUT2D eigenvalue weighted by molar-refractivity contribution is 7.89. The van der Waals surface area contributed by atoms with Gasteiger partial charge in [0.05, 0.1) is 18.1 Å². The normalized spacial score (nSPS) is 15.1. The highest BCUT2D eigenvalue weighted by Gasteiger charge is 2.27. The van der Waals surface area contributed by atoms with Crippen LogP contribution in [0.4, 0.5) is 4.39 Å². The Kier molecular flexibility index (Phi) is 7.58. The molecule has 0 aliphatic carbocycles. The van der Waals surface area contributed by atoms with Gasteiger partial charge in [-0.1, -0.05) is 25.1 Å². The summed E-state index contributed by atoms with van der Waals surface area (Å²) in [6.07, 6.45) is 1.29. The lowest BCUT2D eigenvalue weighted by Crippen LogP contribution is -2.40. The molecule has 0 bridgehead atoms. The van der Waals surface area contributed by atoms with Gasteiger partial charge in [-0.05, 0) is 48.7 Å². The molecule has 1 fully saturated rings. The van der Waals surface area contributed by atoms with E-state index >= 15 is 0 Å². The summed E-state index contributed by atoms with van der Waals surface area (Å²) < 4.78 is 45.9. The Labute approximate surface area is 177 Å². The fourth-order valence-electron chi connectivity index (χ4n) is 3.45. The SMILES string of the molecule is CCCN(CCc1cccc(F)c1)C(=O)c1cccc(S(=O)(=O)N2CCOCC2)c1. The van der Waals surface area contributed by atoms with Crippen LogP contribution in [0.1, 0.15) is 29.3 Å². The molecular formula is C22H27FN2O4S. The Morgan fingerprint density at radius 2 is 1.83 bits per heavy atom. The Morgan fingerprint density at radius 1 is 1.10 bits per heavy atom. The summed E-state index contributed by atoms with van der Waals surface area (Å²) in [6, 6.07) is 12.5.